The lowest BCUT2D eigenvalue weighted by Gasteiger charge is -2.31. The van der Waals surface area contributed by atoms with E-state index in [0.29, 0.717) is 18.7 Å². The molecule has 2 N–H and O–H groups in total. The molecular weight excluding hydrogens is 250 g/mol. The Morgan fingerprint density at radius 2 is 2.00 bits per heavy atom. The lowest BCUT2D eigenvalue weighted by Crippen LogP contribution is -2.50. The van der Waals surface area contributed by atoms with Crippen molar-refractivity contribution in [3.63, 3.8) is 0 Å². The number of carbonyl (C=O) groups is 1. The molecule has 0 aromatic heterocycles. The van der Waals surface area contributed by atoms with Gasteiger partial charge < -0.3 is 10.6 Å². The second kappa shape index (κ2) is 6.53. The van der Waals surface area contributed by atoms with Crippen molar-refractivity contribution in [2.75, 3.05) is 6.54 Å². The van der Waals surface area contributed by atoms with Crippen molar-refractivity contribution < 1.29 is 4.79 Å². The first kappa shape index (κ1) is 16.2. The highest BCUT2D eigenvalue weighted by molar-refractivity contribution is 5.82. The summed E-state index contributed by atoms with van der Waals surface area (Å²) in [6.07, 6.45) is 0. The lowest BCUT2D eigenvalue weighted by molar-refractivity contribution is -0.135. The van der Waals surface area contributed by atoms with Gasteiger partial charge in [0, 0.05) is 13.1 Å². The van der Waals surface area contributed by atoms with E-state index < -0.39 is 6.04 Å². The Bertz CT molecular complexity index is 511. The smallest absolute Gasteiger partial charge is 0.240 e. The molecule has 0 saturated heterocycles. The molecule has 0 aliphatic heterocycles. The van der Waals surface area contributed by atoms with Gasteiger partial charge in [0.05, 0.1) is 17.7 Å². The van der Waals surface area contributed by atoms with Crippen LogP contribution in [-0.4, -0.2) is 23.4 Å². The van der Waals surface area contributed by atoms with Gasteiger partial charge in [-0.1, -0.05) is 39.0 Å². The molecule has 0 saturated carbocycles. The number of hydrogen-bond donors (Lipinski definition) is 1. The first-order valence-corrected chi connectivity index (χ1v) is 6.83. The molecule has 1 atom stereocenters. The summed E-state index contributed by atoms with van der Waals surface area (Å²) >= 11 is 0. The Labute approximate surface area is 121 Å². The molecule has 1 rings (SSSR count). The van der Waals surface area contributed by atoms with Gasteiger partial charge in [-0.2, -0.15) is 5.26 Å². The summed E-state index contributed by atoms with van der Waals surface area (Å²) in [6.45, 7) is 8.76. The molecule has 0 heterocycles. The summed E-state index contributed by atoms with van der Waals surface area (Å²) in [6, 6.07) is 8.94. The van der Waals surface area contributed by atoms with Crippen LogP contribution in [0.4, 0.5) is 0 Å². The van der Waals surface area contributed by atoms with E-state index >= 15 is 0 Å². The van der Waals surface area contributed by atoms with Crippen LogP contribution in [0.15, 0.2) is 24.3 Å². The first-order chi connectivity index (χ1) is 9.31. The number of carbonyl (C=O) groups excluding carboxylic acids is 1. The topological polar surface area (TPSA) is 70.1 Å². The van der Waals surface area contributed by atoms with Crippen LogP contribution in [0.3, 0.4) is 0 Å². The molecular formula is C16H23N3O. The third kappa shape index (κ3) is 3.82. The normalized spacial score (nSPS) is 12.6. The average molecular weight is 273 g/mol. The lowest BCUT2D eigenvalue weighted by atomic mass is 9.86. The number of nitriles is 1. The molecule has 4 nitrogen and oxygen atoms in total. The van der Waals surface area contributed by atoms with Gasteiger partial charge in [-0.3, -0.25) is 4.79 Å². The van der Waals surface area contributed by atoms with Crippen molar-refractivity contribution in [3.05, 3.63) is 35.4 Å². The van der Waals surface area contributed by atoms with Gasteiger partial charge in [0.15, 0.2) is 0 Å². The number of nitrogens with two attached hydrogens (primary N) is 1. The largest absolute Gasteiger partial charge is 0.337 e. The number of amides is 1. The van der Waals surface area contributed by atoms with Crippen molar-refractivity contribution in [2.45, 2.75) is 40.3 Å². The summed E-state index contributed by atoms with van der Waals surface area (Å²) in [7, 11) is 0. The molecule has 108 valence electrons. The average Bonchev–Trinajstić information content (AvgIpc) is 2.42. The van der Waals surface area contributed by atoms with Crippen molar-refractivity contribution in [1.82, 2.24) is 4.90 Å². The van der Waals surface area contributed by atoms with Crippen molar-refractivity contribution in [3.8, 4) is 6.07 Å². The molecule has 1 aromatic rings. The van der Waals surface area contributed by atoms with Gasteiger partial charge in [0.25, 0.3) is 0 Å². The molecule has 1 aromatic carbocycles. The Balaban J connectivity index is 2.93. The molecule has 0 aliphatic rings. The minimum absolute atomic E-state index is 0.0762. The van der Waals surface area contributed by atoms with Gasteiger partial charge in [-0.15, -0.1) is 0 Å². The van der Waals surface area contributed by atoms with Crippen LogP contribution in [0, 0.1) is 16.7 Å². The number of benzene rings is 1. The van der Waals surface area contributed by atoms with Gasteiger partial charge in [0.2, 0.25) is 5.91 Å². The zero-order chi connectivity index (χ0) is 15.3. The van der Waals surface area contributed by atoms with E-state index in [1.54, 1.807) is 11.0 Å². The maximum atomic E-state index is 12.4. The Morgan fingerprint density at radius 3 is 2.50 bits per heavy atom. The predicted octanol–water partition coefficient (Wildman–Crippen LogP) is 2.28. The van der Waals surface area contributed by atoms with Crippen LogP contribution in [0.25, 0.3) is 0 Å². The van der Waals surface area contributed by atoms with Gasteiger partial charge in [0.1, 0.15) is 0 Å². The molecule has 0 unspecified atom stereocenters. The molecule has 20 heavy (non-hydrogen) atoms. The van der Waals surface area contributed by atoms with E-state index in [2.05, 4.69) is 6.07 Å². The van der Waals surface area contributed by atoms with Crippen LogP contribution in [0.5, 0.6) is 0 Å². The summed E-state index contributed by atoms with van der Waals surface area (Å²) in [4.78, 5) is 14.1. The maximum Gasteiger partial charge on any atom is 0.240 e. The molecule has 4 heteroatoms. The van der Waals surface area contributed by atoms with Gasteiger partial charge >= 0.3 is 0 Å². The number of rotatable bonds is 4. The maximum absolute atomic E-state index is 12.4. The summed E-state index contributed by atoms with van der Waals surface area (Å²) in [5.74, 6) is -0.0762. The Hall–Kier alpha value is -1.86. The zero-order valence-electron chi connectivity index (χ0n) is 12.7. The Kier molecular flexibility index (Phi) is 5.29. The standard InChI is InChI=1S/C16H23N3O/c1-5-19(15(20)14(18)16(2,3)4)11-13-9-7-6-8-12(13)10-17/h6-9,14H,5,11,18H2,1-4H3/t14-/m1/s1. The van der Waals surface area contributed by atoms with E-state index in [1.165, 1.54) is 0 Å². The van der Waals surface area contributed by atoms with E-state index in [4.69, 9.17) is 11.0 Å². The summed E-state index contributed by atoms with van der Waals surface area (Å²) < 4.78 is 0. The van der Waals surface area contributed by atoms with Gasteiger partial charge in [-0.25, -0.2) is 0 Å². The van der Waals surface area contributed by atoms with Crippen LogP contribution >= 0.6 is 0 Å². The van der Waals surface area contributed by atoms with E-state index in [0.717, 1.165) is 5.56 Å². The van der Waals surface area contributed by atoms with Crippen molar-refractivity contribution in [2.24, 2.45) is 11.1 Å². The third-order valence-corrected chi connectivity index (χ3v) is 3.39. The van der Waals surface area contributed by atoms with Crippen molar-refractivity contribution in [1.29, 1.82) is 5.26 Å². The zero-order valence-corrected chi connectivity index (χ0v) is 12.7. The SMILES string of the molecule is CCN(Cc1ccccc1C#N)C(=O)[C@@H](N)C(C)(C)C. The van der Waals surface area contributed by atoms with E-state index in [9.17, 15) is 4.79 Å². The second-order valence-electron chi connectivity index (χ2n) is 5.97. The highest BCUT2D eigenvalue weighted by Gasteiger charge is 2.30. The molecule has 0 aliphatic carbocycles. The highest BCUT2D eigenvalue weighted by Crippen LogP contribution is 2.20. The van der Waals surface area contributed by atoms with Crippen molar-refractivity contribution >= 4 is 5.91 Å². The minimum atomic E-state index is -0.545. The third-order valence-electron chi connectivity index (χ3n) is 3.39. The van der Waals surface area contributed by atoms with Crippen LogP contribution in [0.2, 0.25) is 0 Å². The molecule has 0 fully saturated rings. The Morgan fingerprint density at radius 1 is 1.40 bits per heavy atom. The quantitative estimate of drug-likeness (QED) is 0.915. The summed E-state index contributed by atoms with van der Waals surface area (Å²) in [5, 5.41) is 9.10. The van der Waals surface area contributed by atoms with E-state index in [-0.39, 0.29) is 11.3 Å². The fourth-order valence-electron chi connectivity index (χ4n) is 1.89. The van der Waals surface area contributed by atoms with Crippen LogP contribution in [0.1, 0.15) is 38.8 Å². The number of likely N-dealkylation sites (N-methyl/N-ethyl adjacent to an activating group) is 1. The summed E-state index contributed by atoms with van der Waals surface area (Å²) in [5.41, 5.74) is 7.21. The van der Waals surface area contributed by atoms with Gasteiger partial charge in [-0.05, 0) is 24.0 Å². The van der Waals surface area contributed by atoms with Crippen LogP contribution in [-0.2, 0) is 11.3 Å². The fourth-order valence-corrected chi connectivity index (χ4v) is 1.89. The number of hydrogen-bond acceptors (Lipinski definition) is 3. The molecule has 1 amide bonds. The molecule has 0 radical (unpaired) electrons. The molecule has 0 spiro atoms. The first-order valence-electron chi connectivity index (χ1n) is 6.83. The predicted molar refractivity (Wildman–Crippen MR) is 79.7 cm³/mol. The number of nitrogens with zero attached hydrogens (tertiary/aromatic N) is 2. The van der Waals surface area contributed by atoms with Crippen LogP contribution < -0.4 is 5.73 Å². The highest BCUT2D eigenvalue weighted by atomic mass is 16.2. The molecule has 0 bridgehead atoms. The fraction of sp³-hybridized carbons (Fsp3) is 0.500. The van der Waals surface area contributed by atoms with E-state index in [1.807, 2.05) is 45.9 Å². The monoisotopic (exact) mass is 273 g/mol. The minimum Gasteiger partial charge on any atom is -0.337 e. The second-order valence-corrected chi connectivity index (χ2v) is 5.97.